The van der Waals surface area contributed by atoms with E-state index in [1.165, 1.54) is 19.3 Å². The van der Waals surface area contributed by atoms with Crippen LogP contribution in [0.1, 0.15) is 52.4 Å². The Hall–Kier alpha value is -1.37. The number of hydrogen-bond acceptors (Lipinski definition) is 5. The van der Waals surface area contributed by atoms with Crippen LogP contribution in [0.2, 0.25) is 0 Å². The van der Waals surface area contributed by atoms with Gasteiger partial charge in [-0.3, -0.25) is 9.59 Å². The van der Waals surface area contributed by atoms with Crippen LogP contribution in [0, 0.1) is 0 Å². The molecule has 0 spiro atoms. The number of carboxylic acid groups (broad SMARTS) is 1. The van der Waals surface area contributed by atoms with Crippen molar-refractivity contribution in [3.63, 3.8) is 0 Å². The molecule has 1 heterocycles. The van der Waals surface area contributed by atoms with Gasteiger partial charge in [0.15, 0.2) is 5.17 Å². The van der Waals surface area contributed by atoms with Crippen LogP contribution in [-0.4, -0.2) is 33.1 Å². The molecule has 2 N–H and O–H groups in total. The van der Waals surface area contributed by atoms with Crippen LogP contribution in [0.4, 0.5) is 0 Å². The second-order valence-corrected chi connectivity index (χ2v) is 5.94. The summed E-state index contributed by atoms with van der Waals surface area (Å²) in [5, 5.41) is 19.0. The monoisotopic (exact) mass is 299 g/mol. The average Bonchev–Trinajstić information content (AvgIpc) is 2.72. The Morgan fingerprint density at radius 3 is 2.80 bits per heavy atom. The van der Waals surface area contributed by atoms with Crippen LogP contribution in [0.5, 0.6) is 0 Å². The third-order valence-electron chi connectivity index (χ3n) is 2.84. The van der Waals surface area contributed by atoms with Gasteiger partial charge in [0.05, 0.1) is 6.42 Å². The zero-order chi connectivity index (χ0) is 15.0. The summed E-state index contributed by atoms with van der Waals surface area (Å²) in [6.45, 7) is 4.08. The molecule has 1 amide bonds. The number of aliphatic carboxylic acids is 1. The van der Waals surface area contributed by atoms with Gasteiger partial charge in [-0.2, -0.15) is 5.10 Å². The second kappa shape index (κ2) is 8.73. The Kier molecular flexibility index (Phi) is 7.28. The van der Waals surface area contributed by atoms with Crippen molar-refractivity contribution < 1.29 is 14.7 Å². The first kappa shape index (κ1) is 16.7. The lowest BCUT2D eigenvalue weighted by Crippen LogP contribution is -2.26. The van der Waals surface area contributed by atoms with Gasteiger partial charge in [-0.05, 0) is 19.8 Å². The maximum atomic E-state index is 11.5. The average molecular weight is 299 g/mol. The van der Waals surface area contributed by atoms with Crippen molar-refractivity contribution in [3.8, 4) is 0 Å². The van der Waals surface area contributed by atoms with E-state index in [0.29, 0.717) is 5.17 Å². The van der Waals surface area contributed by atoms with Crippen LogP contribution in [0.15, 0.2) is 10.2 Å². The third-order valence-corrected chi connectivity index (χ3v) is 3.91. The minimum Gasteiger partial charge on any atom is -0.481 e. The molecule has 0 aliphatic carbocycles. The van der Waals surface area contributed by atoms with Gasteiger partial charge in [0.2, 0.25) is 5.91 Å². The summed E-state index contributed by atoms with van der Waals surface area (Å²) in [5.74, 6) is -1.30. The van der Waals surface area contributed by atoms with Gasteiger partial charge in [-0.15, -0.1) is 5.10 Å². The number of amides is 1. The summed E-state index contributed by atoms with van der Waals surface area (Å²) in [7, 11) is 0. The van der Waals surface area contributed by atoms with Crippen LogP contribution in [-0.2, 0) is 9.59 Å². The summed E-state index contributed by atoms with van der Waals surface area (Å²) < 4.78 is 0. The largest absolute Gasteiger partial charge is 0.481 e. The van der Waals surface area contributed by atoms with Crippen molar-refractivity contribution in [3.05, 3.63) is 0 Å². The quantitative estimate of drug-likeness (QED) is 0.409. The number of carbonyl (C=O) groups is 2. The minimum atomic E-state index is -0.991. The van der Waals surface area contributed by atoms with Gasteiger partial charge in [-0.25, -0.2) is 0 Å². The van der Waals surface area contributed by atoms with E-state index in [1.54, 1.807) is 0 Å². The molecule has 112 valence electrons. The molecule has 0 aromatic heterocycles. The van der Waals surface area contributed by atoms with Gasteiger partial charge in [0.25, 0.3) is 0 Å². The zero-order valence-electron chi connectivity index (χ0n) is 11.9. The summed E-state index contributed by atoms with van der Waals surface area (Å²) >= 11 is 1.12. The van der Waals surface area contributed by atoms with Crippen LogP contribution in [0.25, 0.3) is 0 Å². The van der Waals surface area contributed by atoms with Gasteiger partial charge < -0.3 is 10.4 Å². The Bertz CT molecular complexity index is 421. The minimum absolute atomic E-state index is 0.199. The van der Waals surface area contributed by atoms with Gasteiger partial charge >= 0.3 is 5.97 Å². The summed E-state index contributed by atoms with van der Waals surface area (Å²) in [5.41, 5.74) is 0.921. The van der Waals surface area contributed by atoms with Crippen molar-refractivity contribution >= 4 is 34.5 Å². The molecule has 6 nitrogen and oxygen atoms in total. The van der Waals surface area contributed by atoms with E-state index in [0.717, 1.165) is 30.3 Å². The molecular weight excluding hydrogens is 278 g/mol. The SMILES string of the molecule is CCCCCCC(C)=NN=C1NC(=O)[C@H](CC(=O)O)S1. The zero-order valence-corrected chi connectivity index (χ0v) is 12.7. The predicted octanol–water partition coefficient (Wildman–Crippen LogP) is 2.40. The number of nitrogens with zero attached hydrogens (tertiary/aromatic N) is 2. The van der Waals surface area contributed by atoms with Gasteiger partial charge in [-0.1, -0.05) is 37.9 Å². The molecule has 1 atom stereocenters. The smallest absolute Gasteiger partial charge is 0.305 e. The van der Waals surface area contributed by atoms with Gasteiger partial charge in [0, 0.05) is 5.71 Å². The molecule has 0 saturated carbocycles. The summed E-state index contributed by atoms with van der Waals surface area (Å²) in [6.07, 6.45) is 5.40. The van der Waals surface area contributed by atoms with Crippen molar-refractivity contribution in [1.29, 1.82) is 0 Å². The fraction of sp³-hybridized carbons (Fsp3) is 0.692. The number of carboxylic acids is 1. The number of unbranched alkanes of at least 4 members (excludes halogenated alkanes) is 3. The van der Waals surface area contributed by atoms with Crippen molar-refractivity contribution in [2.45, 2.75) is 57.6 Å². The molecule has 1 saturated heterocycles. The highest BCUT2D eigenvalue weighted by Gasteiger charge is 2.32. The Labute approximate surface area is 123 Å². The third kappa shape index (κ3) is 6.18. The normalized spacial score (nSPS) is 21.3. The highest BCUT2D eigenvalue weighted by Crippen LogP contribution is 2.22. The van der Waals surface area contributed by atoms with E-state index >= 15 is 0 Å². The molecule has 0 unspecified atom stereocenters. The molecule has 1 fully saturated rings. The van der Waals surface area contributed by atoms with Crippen LogP contribution < -0.4 is 5.32 Å². The van der Waals surface area contributed by atoms with E-state index in [4.69, 9.17) is 5.11 Å². The molecule has 0 bridgehead atoms. The van der Waals surface area contributed by atoms with Crippen LogP contribution >= 0.6 is 11.8 Å². The molecule has 0 aromatic carbocycles. The maximum Gasteiger partial charge on any atom is 0.305 e. The molecule has 1 aliphatic rings. The van der Waals surface area contributed by atoms with E-state index in [-0.39, 0.29) is 12.3 Å². The predicted molar refractivity (Wildman–Crippen MR) is 81.1 cm³/mol. The molecule has 1 aliphatic heterocycles. The Morgan fingerprint density at radius 1 is 1.40 bits per heavy atom. The molecule has 7 heteroatoms. The van der Waals surface area contributed by atoms with Crippen molar-refractivity contribution in [2.24, 2.45) is 10.2 Å². The molecule has 1 rings (SSSR count). The molecular formula is C13H21N3O3S. The van der Waals surface area contributed by atoms with Gasteiger partial charge in [0.1, 0.15) is 5.25 Å². The molecule has 20 heavy (non-hydrogen) atoms. The fourth-order valence-electron chi connectivity index (χ4n) is 1.73. The van der Waals surface area contributed by atoms with Crippen molar-refractivity contribution in [1.82, 2.24) is 5.32 Å². The number of hydrogen-bond donors (Lipinski definition) is 2. The molecule has 0 radical (unpaired) electrons. The Morgan fingerprint density at radius 2 is 2.15 bits per heavy atom. The standard InChI is InChI=1S/C13H21N3O3S/c1-3-4-5-6-7-9(2)15-16-13-14-12(19)10(20-13)8-11(17)18/h10H,3-8H2,1-2H3,(H,17,18)(H,14,16,19)/t10-/m0/s1. The number of amidine groups is 1. The highest BCUT2D eigenvalue weighted by molar-refractivity contribution is 8.15. The fourth-order valence-corrected chi connectivity index (χ4v) is 2.64. The van der Waals surface area contributed by atoms with E-state index in [1.807, 2.05) is 6.92 Å². The molecule has 0 aromatic rings. The van der Waals surface area contributed by atoms with Crippen LogP contribution in [0.3, 0.4) is 0 Å². The summed E-state index contributed by atoms with van der Waals surface area (Å²) in [6, 6.07) is 0. The first-order valence-corrected chi connectivity index (χ1v) is 7.71. The maximum absolute atomic E-state index is 11.5. The number of carbonyl (C=O) groups excluding carboxylic acids is 1. The Balaban J connectivity index is 2.42. The lowest BCUT2D eigenvalue weighted by atomic mass is 10.1. The van der Waals surface area contributed by atoms with Crippen molar-refractivity contribution in [2.75, 3.05) is 0 Å². The van der Waals surface area contributed by atoms with E-state index in [9.17, 15) is 9.59 Å². The number of rotatable bonds is 8. The van der Waals surface area contributed by atoms with E-state index in [2.05, 4.69) is 22.4 Å². The first-order chi connectivity index (χ1) is 9.52. The van der Waals surface area contributed by atoms with E-state index < -0.39 is 11.2 Å². The number of nitrogens with one attached hydrogen (secondary N) is 1. The summed E-state index contributed by atoms with van der Waals surface area (Å²) in [4.78, 5) is 22.1. The first-order valence-electron chi connectivity index (χ1n) is 6.83. The topological polar surface area (TPSA) is 91.1 Å². The highest BCUT2D eigenvalue weighted by atomic mass is 32.2. The second-order valence-electron chi connectivity index (χ2n) is 4.74. The number of thioether (sulfide) groups is 1. The lowest BCUT2D eigenvalue weighted by Gasteiger charge is -1.99. The lowest BCUT2D eigenvalue weighted by molar-refractivity contribution is -0.138.